The summed E-state index contributed by atoms with van der Waals surface area (Å²) in [6, 6.07) is 3.08. The van der Waals surface area contributed by atoms with Gasteiger partial charge >= 0.3 is 5.97 Å². The summed E-state index contributed by atoms with van der Waals surface area (Å²) in [6.07, 6.45) is -4.43. The molecule has 60 heavy (non-hydrogen) atoms. The number of carbonyl (C=O) groups excluding carboxylic acids is 4. The van der Waals surface area contributed by atoms with Crippen LogP contribution in [0.4, 0.5) is 17.6 Å². The van der Waals surface area contributed by atoms with E-state index in [1.54, 1.807) is 33.8 Å². The fourth-order valence-corrected chi connectivity index (χ4v) is 10.4. The van der Waals surface area contributed by atoms with Gasteiger partial charge in [0, 0.05) is 36.7 Å². The van der Waals surface area contributed by atoms with Gasteiger partial charge in [-0.1, -0.05) is 34.1 Å². The largest absolute Gasteiger partial charge is 0.497 e. The van der Waals surface area contributed by atoms with Crippen LogP contribution in [0, 0.1) is 34.5 Å². The summed E-state index contributed by atoms with van der Waals surface area (Å²) >= 11 is 0. The van der Waals surface area contributed by atoms with Crippen molar-refractivity contribution in [2.45, 2.75) is 141 Å². The van der Waals surface area contributed by atoms with E-state index in [0.29, 0.717) is 25.0 Å². The smallest absolute Gasteiger partial charge is 0.307 e. The summed E-state index contributed by atoms with van der Waals surface area (Å²) in [7, 11) is -2.84. The van der Waals surface area contributed by atoms with Crippen LogP contribution in [-0.2, 0) is 39.9 Å². The Balaban J connectivity index is 1.29. The molecule has 1 aromatic heterocycles. The SMILES string of the molecule is COc1ccc2nc3c(nc2c1)O[C@H]1CN(C(=O)[C@H](C(C)(C)C)CC(=O)O[C@@]2(C)C[C@@H]2CCCCC3(F)F)[C@H](C(=O)C[C@]2(C(=O)NS(=O)(=O)C3(C)CC3)C[C@H]2C(F)F)[C@@H]1C. The number of amides is 2. The lowest BCUT2D eigenvalue weighted by Gasteiger charge is -2.35. The number of fused-ring (bicyclic) bond motifs is 5. The Kier molecular flexibility index (Phi) is 11.0. The van der Waals surface area contributed by atoms with E-state index in [4.69, 9.17) is 14.2 Å². The number of benzene rings is 1. The monoisotopic (exact) mass is 866 g/mol. The Morgan fingerprint density at radius 3 is 2.37 bits per heavy atom. The van der Waals surface area contributed by atoms with Gasteiger partial charge in [-0.2, -0.15) is 8.78 Å². The summed E-state index contributed by atoms with van der Waals surface area (Å²) in [4.78, 5) is 66.8. The summed E-state index contributed by atoms with van der Waals surface area (Å²) in [5, 5.41) is 0. The van der Waals surface area contributed by atoms with Gasteiger partial charge in [-0.3, -0.25) is 23.9 Å². The van der Waals surface area contributed by atoms with E-state index < -0.39 is 128 Å². The first-order valence-corrected chi connectivity index (χ1v) is 22.1. The van der Waals surface area contributed by atoms with Crippen LogP contribution in [0.5, 0.6) is 11.6 Å². The molecular formula is C42H54F4N4O9S. The molecule has 2 amide bonds. The molecule has 1 saturated heterocycles. The fraction of sp³-hybridized carbons (Fsp3) is 0.714. The number of hydrogen-bond acceptors (Lipinski definition) is 11. The number of Topliss-reactive ketones (excluding diaryl/α,β-unsaturated/α-hetero) is 1. The maximum absolute atomic E-state index is 16.4. The maximum atomic E-state index is 16.4. The minimum Gasteiger partial charge on any atom is -0.497 e. The Bertz CT molecular complexity index is 2200. The zero-order valence-electron chi connectivity index (χ0n) is 35.0. The highest BCUT2D eigenvalue weighted by Crippen LogP contribution is 2.59. The van der Waals surface area contributed by atoms with Crippen LogP contribution in [0.1, 0.15) is 111 Å². The maximum Gasteiger partial charge on any atom is 0.307 e. The van der Waals surface area contributed by atoms with Crippen molar-refractivity contribution >= 4 is 44.6 Å². The molecule has 330 valence electrons. The van der Waals surface area contributed by atoms with Gasteiger partial charge < -0.3 is 19.1 Å². The van der Waals surface area contributed by atoms with Crippen LogP contribution in [0.25, 0.3) is 11.0 Å². The van der Waals surface area contributed by atoms with Crippen LogP contribution in [-0.4, -0.2) is 89.4 Å². The van der Waals surface area contributed by atoms with Crippen LogP contribution in [0.15, 0.2) is 18.2 Å². The molecule has 2 bridgehead atoms. The predicted molar refractivity (Wildman–Crippen MR) is 209 cm³/mol. The molecule has 3 heterocycles. The molecule has 8 atom stereocenters. The number of alkyl halides is 4. The minimum absolute atomic E-state index is 0.0691. The van der Waals surface area contributed by atoms with E-state index in [9.17, 15) is 36.4 Å². The van der Waals surface area contributed by atoms with E-state index in [1.165, 1.54) is 38.0 Å². The Morgan fingerprint density at radius 2 is 1.75 bits per heavy atom. The molecule has 0 radical (unpaired) electrons. The van der Waals surface area contributed by atoms with E-state index >= 15 is 8.78 Å². The standard InChI is InChI=1S/C42H54F4N4O9S/c1-22-30-21-50(32(22)29(51)20-41(19-26(41)34(43)44)37(54)49-60(55,56)39(5)14-15-39)36(53)25(38(2,3)4)17-31(52)59-40(6)18-23(40)10-8-9-13-42(45,46)33-35(58-30)48-28-16-24(57-7)11-12-27(28)47-33/h11-12,16,22-23,25-26,30,32,34H,8-10,13-15,17-21H2,1-7H3,(H,49,54)/t22-,23+,25-,26+,30+,32+,40+,41-/m1/s1. The van der Waals surface area contributed by atoms with Gasteiger partial charge in [0.05, 0.1) is 53.2 Å². The van der Waals surface area contributed by atoms with E-state index in [2.05, 4.69) is 9.97 Å². The number of carbonyl (C=O) groups is 4. The first kappa shape index (κ1) is 44.0. The van der Waals surface area contributed by atoms with Crippen molar-refractivity contribution in [3.8, 4) is 11.6 Å². The summed E-state index contributed by atoms with van der Waals surface area (Å²) < 4.78 is 106. The number of rotatable bonds is 8. The number of esters is 1. The van der Waals surface area contributed by atoms with Crippen molar-refractivity contribution in [2.75, 3.05) is 13.7 Å². The van der Waals surface area contributed by atoms with Crippen molar-refractivity contribution in [3.63, 3.8) is 0 Å². The number of nitrogens with zero attached hydrogens (tertiary/aromatic N) is 3. The first-order valence-electron chi connectivity index (χ1n) is 20.7. The molecule has 7 rings (SSSR count). The summed E-state index contributed by atoms with van der Waals surface area (Å²) in [5.74, 6) is -10.9. The summed E-state index contributed by atoms with van der Waals surface area (Å²) in [6.45, 7) is 9.59. The normalized spacial score (nSPS) is 32.8. The fourth-order valence-electron chi connectivity index (χ4n) is 9.08. The first-order chi connectivity index (χ1) is 27.8. The Morgan fingerprint density at radius 1 is 1.05 bits per heavy atom. The molecule has 2 aliphatic heterocycles. The van der Waals surface area contributed by atoms with Crippen molar-refractivity contribution < 1.29 is 59.4 Å². The number of methoxy groups -OCH3 is 1. The van der Waals surface area contributed by atoms with Crippen LogP contribution < -0.4 is 14.2 Å². The predicted octanol–water partition coefficient (Wildman–Crippen LogP) is 6.50. The molecule has 18 heteroatoms. The second-order valence-electron chi connectivity index (χ2n) is 19.3. The number of ketones is 1. The third kappa shape index (κ3) is 8.17. The number of aromatic nitrogens is 2. The van der Waals surface area contributed by atoms with E-state index in [-0.39, 0.29) is 49.2 Å². The number of hydrogen-bond donors (Lipinski definition) is 1. The highest BCUT2D eigenvalue weighted by atomic mass is 32.2. The molecule has 4 fully saturated rings. The van der Waals surface area contributed by atoms with Gasteiger partial charge in [-0.05, 0) is 69.9 Å². The van der Waals surface area contributed by atoms with Crippen LogP contribution >= 0.6 is 0 Å². The van der Waals surface area contributed by atoms with Crippen molar-refractivity contribution in [1.82, 2.24) is 19.6 Å². The molecule has 0 spiro atoms. The lowest BCUT2D eigenvalue weighted by molar-refractivity contribution is -0.158. The molecule has 1 aromatic carbocycles. The quantitative estimate of drug-likeness (QED) is 0.227. The van der Waals surface area contributed by atoms with Crippen molar-refractivity contribution in [3.05, 3.63) is 23.9 Å². The van der Waals surface area contributed by atoms with Crippen LogP contribution in [0.3, 0.4) is 0 Å². The third-order valence-corrected chi connectivity index (χ3v) is 15.9. The molecule has 1 N–H and O–H groups in total. The molecule has 0 unspecified atom stereocenters. The van der Waals surface area contributed by atoms with Gasteiger partial charge in [0.15, 0.2) is 11.5 Å². The van der Waals surface area contributed by atoms with Gasteiger partial charge in [-0.15, -0.1) is 0 Å². The average Bonchev–Trinajstić information content (AvgIpc) is 4.11. The van der Waals surface area contributed by atoms with Crippen molar-refractivity contribution in [2.24, 2.45) is 34.5 Å². The van der Waals surface area contributed by atoms with Gasteiger partial charge in [-0.25, -0.2) is 27.2 Å². The number of nitrogens with one attached hydrogen (secondary N) is 1. The molecule has 3 saturated carbocycles. The van der Waals surface area contributed by atoms with Gasteiger partial charge in [0.1, 0.15) is 17.5 Å². The zero-order chi connectivity index (χ0) is 44.0. The lowest BCUT2D eigenvalue weighted by Crippen LogP contribution is -2.50. The highest BCUT2D eigenvalue weighted by molar-refractivity contribution is 7.91. The van der Waals surface area contributed by atoms with E-state index in [1.807, 2.05) is 4.72 Å². The topological polar surface area (TPSA) is 171 Å². The second kappa shape index (κ2) is 15.1. The second-order valence-corrected chi connectivity index (χ2v) is 21.5. The Labute approximate surface area is 347 Å². The molecule has 3 aliphatic carbocycles. The van der Waals surface area contributed by atoms with Gasteiger partial charge in [0.2, 0.25) is 34.1 Å². The molecule has 13 nitrogen and oxygen atoms in total. The van der Waals surface area contributed by atoms with Gasteiger partial charge in [0.25, 0.3) is 5.92 Å². The zero-order valence-corrected chi connectivity index (χ0v) is 35.8. The average molecular weight is 867 g/mol. The molecule has 2 aromatic rings. The molecule has 5 aliphatic rings. The molecular weight excluding hydrogens is 813 g/mol. The lowest BCUT2D eigenvalue weighted by atomic mass is 9.77. The minimum atomic E-state index is -4.27. The van der Waals surface area contributed by atoms with Crippen molar-refractivity contribution in [1.29, 1.82) is 0 Å². The Hall–Kier alpha value is -4.09. The third-order valence-electron chi connectivity index (χ3n) is 13.8. The number of sulfonamides is 1. The van der Waals surface area contributed by atoms with Crippen LogP contribution in [0.2, 0.25) is 0 Å². The van der Waals surface area contributed by atoms with E-state index in [0.717, 1.165) is 0 Å². The number of ether oxygens (including phenoxy) is 3. The summed E-state index contributed by atoms with van der Waals surface area (Å²) in [5.41, 5.74) is -4.24. The number of halogens is 4. The highest BCUT2D eigenvalue weighted by Gasteiger charge is 2.67.